The molecule has 2 aliphatic rings. The standard InChI is InChI=1S/C4H3N3S.H2S/c1-5-3-4(6-1)8-2-7-3;/h1H,2H2;1H2. The number of hydrogen-bond donors (Lipinski definition) is 0. The highest BCUT2D eigenvalue weighted by Gasteiger charge is 2.16. The zero-order valence-electron chi connectivity index (χ0n) is 4.53. The van der Waals surface area contributed by atoms with E-state index in [9.17, 15) is 0 Å². The van der Waals surface area contributed by atoms with Crippen LogP contribution in [0.5, 0.6) is 0 Å². The van der Waals surface area contributed by atoms with Crippen molar-refractivity contribution in [2.24, 2.45) is 15.0 Å². The lowest BCUT2D eigenvalue weighted by Crippen LogP contribution is -1.94. The highest BCUT2D eigenvalue weighted by molar-refractivity contribution is 8.16. The number of rotatable bonds is 0. The molecule has 0 atom stereocenters. The van der Waals surface area contributed by atoms with Crippen LogP contribution in [0.1, 0.15) is 0 Å². The predicted octanol–water partition coefficient (Wildman–Crippen LogP) is 0.642. The summed E-state index contributed by atoms with van der Waals surface area (Å²) in [6, 6.07) is 0. The maximum absolute atomic E-state index is 4.05. The number of thioether (sulfide) groups is 1. The fourth-order valence-electron chi connectivity index (χ4n) is 0.614. The van der Waals surface area contributed by atoms with Crippen molar-refractivity contribution in [3.8, 4) is 0 Å². The Labute approximate surface area is 63.8 Å². The van der Waals surface area contributed by atoms with Crippen molar-refractivity contribution in [2.75, 3.05) is 5.88 Å². The molecule has 3 nitrogen and oxygen atoms in total. The maximum atomic E-state index is 4.05. The summed E-state index contributed by atoms with van der Waals surface area (Å²) in [7, 11) is 0. The van der Waals surface area contributed by atoms with Gasteiger partial charge in [-0.3, -0.25) is 4.99 Å². The first-order chi connectivity index (χ1) is 3.97. The van der Waals surface area contributed by atoms with E-state index in [0.29, 0.717) is 0 Å². The lowest BCUT2D eigenvalue weighted by molar-refractivity contribution is 1.39. The van der Waals surface area contributed by atoms with Gasteiger partial charge in [0, 0.05) is 0 Å². The Morgan fingerprint density at radius 1 is 1.56 bits per heavy atom. The molecule has 0 aromatic carbocycles. The van der Waals surface area contributed by atoms with E-state index in [2.05, 4.69) is 15.0 Å². The van der Waals surface area contributed by atoms with Crippen molar-refractivity contribution in [2.45, 2.75) is 0 Å². The van der Waals surface area contributed by atoms with Crippen molar-refractivity contribution in [3.05, 3.63) is 0 Å². The normalized spacial score (nSPS) is 20.4. The number of aliphatic imine (C=N–C) groups is 3. The molecule has 2 aliphatic heterocycles. The van der Waals surface area contributed by atoms with E-state index in [-0.39, 0.29) is 13.5 Å². The van der Waals surface area contributed by atoms with Crippen molar-refractivity contribution in [3.63, 3.8) is 0 Å². The summed E-state index contributed by atoms with van der Waals surface area (Å²) in [5, 5.41) is 0.977. The average molecular weight is 159 g/mol. The summed E-state index contributed by atoms with van der Waals surface area (Å²) < 4.78 is 0. The van der Waals surface area contributed by atoms with Gasteiger partial charge in [0.05, 0.1) is 5.88 Å². The van der Waals surface area contributed by atoms with Gasteiger partial charge in [0.2, 0.25) is 0 Å². The minimum atomic E-state index is 0. The second-order valence-electron chi connectivity index (χ2n) is 1.43. The third-order valence-electron chi connectivity index (χ3n) is 0.962. The van der Waals surface area contributed by atoms with Crippen LogP contribution in [0.2, 0.25) is 0 Å². The van der Waals surface area contributed by atoms with Gasteiger partial charge in [-0.25, -0.2) is 9.98 Å². The second kappa shape index (κ2) is 2.53. The van der Waals surface area contributed by atoms with Gasteiger partial charge in [0.15, 0.2) is 5.84 Å². The zero-order chi connectivity index (χ0) is 5.40. The summed E-state index contributed by atoms with van der Waals surface area (Å²) in [4.78, 5) is 11.9. The van der Waals surface area contributed by atoms with Crippen LogP contribution >= 0.6 is 25.3 Å². The third-order valence-corrected chi connectivity index (χ3v) is 1.78. The highest BCUT2D eigenvalue weighted by Crippen LogP contribution is 2.16. The average Bonchev–Trinajstić information content (AvgIpc) is 2.15. The van der Waals surface area contributed by atoms with Crippen molar-refractivity contribution in [1.82, 2.24) is 0 Å². The van der Waals surface area contributed by atoms with E-state index in [0.717, 1.165) is 16.8 Å². The molecular formula is C4H5N3S2. The van der Waals surface area contributed by atoms with E-state index < -0.39 is 0 Å². The summed E-state index contributed by atoms with van der Waals surface area (Å²) >= 11 is 1.63. The first kappa shape index (κ1) is 6.82. The maximum Gasteiger partial charge on any atom is 0.182 e. The molecule has 9 heavy (non-hydrogen) atoms. The first-order valence-electron chi connectivity index (χ1n) is 2.25. The topological polar surface area (TPSA) is 37.1 Å². The van der Waals surface area contributed by atoms with Crippen LogP contribution in [0.15, 0.2) is 15.0 Å². The van der Waals surface area contributed by atoms with Crippen LogP contribution < -0.4 is 0 Å². The Hall–Kier alpha value is -0.290. The summed E-state index contributed by atoms with van der Waals surface area (Å²) in [5.41, 5.74) is 0. The van der Waals surface area contributed by atoms with E-state index in [4.69, 9.17) is 0 Å². The molecule has 0 saturated heterocycles. The molecule has 0 saturated carbocycles. The van der Waals surface area contributed by atoms with Crippen LogP contribution in [0, 0.1) is 0 Å². The van der Waals surface area contributed by atoms with Gasteiger partial charge >= 0.3 is 0 Å². The Bertz CT molecular complexity index is 206. The predicted molar refractivity (Wildman–Crippen MR) is 46.2 cm³/mol. The molecule has 0 fully saturated rings. The molecule has 5 heteroatoms. The fourth-order valence-corrected chi connectivity index (χ4v) is 1.29. The third kappa shape index (κ3) is 1.02. The molecule has 0 N–H and O–H groups in total. The van der Waals surface area contributed by atoms with Crippen LogP contribution in [0.4, 0.5) is 0 Å². The molecular weight excluding hydrogens is 154 g/mol. The van der Waals surface area contributed by atoms with Crippen LogP contribution in [-0.2, 0) is 0 Å². The Morgan fingerprint density at radius 2 is 2.44 bits per heavy atom. The van der Waals surface area contributed by atoms with Gasteiger partial charge in [-0.05, 0) is 0 Å². The van der Waals surface area contributed by atoms with Crippen molar-refractivity contribution >= 4 is 42.5 Å². The molecule has 0 spiro atoms. The van der Waals surface area contributed by atoms with Gasteiger partial charge in [-0.1, -0.05) is 11.8 Å². The number of amidine groups is 1. The van der Waals surface area contributed by atoms with Crippen molar-refractivity contribution < 1.29 is 0 Å². The van der Waals surface area contributed by atoms with Gasteiger partial charge in [0.25, 0.3) is 0 Å². The molecule has 48 valence electrons. The molecule has 0 radical (unpaired) electrons. The number of nitrogens with zero attached hydrogens (tertiary/aromatic N) is 3. The summed E-state index contributed by atoms with van der Waals surface area (Å²) in [5.74, 6) is 1.61. The van der Waals surface area contributed by atoms with Crippen LogP contribution in [0.3, 0.4) is 0 Å². The summed E-state index contributed by atoms with van der Waals surface area (Å²) in [6.07, 6.45) is 1.54. The smallest absolute Gasteiger partial charge is 0.182 e. The highest BCUT2D eigenvalue weighted by atomic mass is 32.2. The monoisotopic (exact) mass is 159 g/mol. The molecule has 0 amide bonds. The molecule has 0 aromatic rings. The second-order valence-corrected chi connectivity index (χ2v) is 2.37. The largest absolute Gasteiger partial charge is 0.253 e. The lowest BCUT2D eigenvalue weighted by Gasteiger charge is -1.79. The van der Waals surface area contributed by atoms with Crippen LogP contribution in [-0.4, -0.2) is 23.1 Å². The number of fused-ring (bicyclic) bond motifs is 1. The summed E-state index contributed by atoms with van der Waals surface area (Å²) in [6.45, 7) is 0. The quantitative estimate of drug-likeness (QED) is 0.511. The Balaban J connectivity index is 0.000000405. The molecule has 0 aliphatic carbocycles. The number of hydrogen-bond acceptors (Lipinski definition) is 4. The van der Waals surface area contributed by atoms with Gasteiger partial charge in [0.1, 0.15) is 11.4 Å². The molecule has 0 unspecified atom stereocenters. The van der Waals surface area contributed by atoms with Gasteiger partial charge in [-0.15, -0.1) is 0 Å². The van der Waals surface area contributed by atoms with Gasteiger partial charge in [-0.2, -0.15) is 13.5 Å². The molecule has 0 aromatic heterocycles. The minimum Gasteiger partial charge on any atom is -0.253 e. The Kier molecular flexibility index (Phi) is 1.92. The molecule has 2 heterocycles. The zero-order valence-corrected chi connectivity index (χ0v) is 6.35. The van der Waals surface area contributed by atoms with E-state index in [1.807, 2.05) is 0 Å². The van der Waals surface area contributed by atoms with Gasteiger partial charge < -0.3 is 0 Å². The first-order valence-corrected chi connectivity index (χ1v) is 3.23. The van der Waals surface area contributed by atoms with E-state index in [1.54, 1.807) is 18.1 Å². The van der Waals surface area contributed by atoms with E-state index in [1.165, 1.54) is 0 Å². The lowest BCUT2D eigenvalue weighted by atomic mass is 10.7. The Morgan fingerprint density at radius 3 is 3.22 bits per heavy atom. The minimum absolute atomic E-state index is 0. The fraction of sp³-hybridized carbons (Fsp3) is 0.250. The van der Waals surface area contributed by atoms with Crippen LogP contribution in [0.25, 0.3) is 0 Å². The van der Waals surface area contributed by atoms with E-state index >= 15 is 0 Å². The van der Waals surface area contributed by atoms with Crippen molar-refractivity contribution in [1.29, 1.82) is 0 Å². The molecule has 0 bridgehead atoms. The SMILES string of the molecule is C1=NC2=NCSC2=N1.S. The molecule has 2 rings (SSSR count).